The predicted molar refractivity (Wildman–Crippen MR) is 124 cm³/mol. The molecule has 0 fully saturated rings. The standard InChI is InChI=1S/C24H25FN6O2/c1-15-17(12-13-22(27-15)28-24(32)30(2)3)18-10-8-16(31-14-26-29-23(18)31)9-11-19-20(25)6-5-7-21(19)33-4/h5-8,10,12-14H,9,11H2,1-4H3,(H,27,28,32). The van der Waals surface area contributed by atoms with E-state index >= 15 is 0 Å². The van der Waals surface area contributed by atoms with Crippen LogP contribution in [0, 0.1) is 12.7 Å². The Hall–Kier alpha value is -4.01. The molecular weight excluding hydrogens is 423 g/mol. The number of nitrogens with one attached hydrogen (secondary N) is 1. The summed E-state index contributed by atoms with van der Waals surface area (Å²) >= 11 is 0. The fourth-order valence-electron chi connectivity index (χ4n) is 3.74. The number of hydrogen-bond donors (Lipinski definition) is 1. The van der Waals surface area contributed by atoms with Gasteiger partial charge in [-0.1, -0.05) is 6.07 Å². The molecule has 0 aliphatic heterocycles. The highest BCUT2D eigenvalue weighted by molar-refractivity contribution is 5.88. The topological polar surface area (TPSA) is 84.6 Å². The first-order valence-electron chi connectivity index (χ1n) is 10.5. The smallest absolute Gasteiger partial charge is 0.322 e. The van der Waals surface area contributed by atoms with Gasteiger partial charge in [0.25, 0.3) is 0 Å². The predicted octanol–water partition coefficient (Wildman–Crippen LogP) is 4.13. The number of fused-ring (bicyclic) bond motifs is 1. The monoisotopic (exact) mass is 448 g/mol. The lowest BCUT2D eigenvalue weighted by Crippen LogP contribution is -2.27. The normalized spacial score (nSPS) is 10.9. The third-order valence-electron chi connectivity index (χ3n) is 5.48. The van der Waals surface area contributed by atoms with Crippen molar-refractivity contribution in [3.8, 4) is 16.9 Å². The van der Waals surface area contributed by atoms with Crippen LogP contribution in [0.1, 0.15) is 17.0 Å². The molecule has 4 rings (SSSR count). The average Bonchev–Trinajstić information content (AvgIpc) is 3.28. The minimum Gasteiger partial charge on any atom is -0.496 e. The van der Waals surface area contributed by atoms with Crippen molar-refractivity contribution in [1.82, 2.24) is 24.5 Å². The van der Waals surface area contributed by atoms with Crippen LogP contribution in [0.15, 0.2) is 48.8 Å². The molecule has 8 nitrogen and oxygen atoms in total. The molecule has 0 unspecified atom stereocenters. The molecule has 3 heterocycles. The zero-order chi connectivity index (χ0) is 23.5. The van der Waals surface area contributed by atoms with Gasteiger partial charge in [0.2, 0.25) is 0 Å². The zero-order valence-electron chi connectivity index (χ0n) is 19.0. The SMILES string of the molecule is COc1cccc(F)c1CCc1ccc(-c2ccc(NC(=O)N(C)C)nc2C)c2nncn12. The summed E-state index contributed by atoms with van der Waals surface area (Å²) in [6, 6.07) is 12.2. The van der Waals surface area contributed by atoms with E-state index in [0.29, 0.717) is 35.6 Å². The average molecular weight is 449 g/mol. The molecule has 0 aliphatic rings. The van der Waals surface area contributed by atoms with Gasteiger partial charge in [-0.15, -0.1) is 10.2 Å². The van der Waals surface area contributed by atoms with E-state index in [1.807, 2.05) is 29.5 Å². The molecule has 0 atom stereocenters. The van der Waals surface area contributed by atoms with Gasteiger partial charge in [-0.3, -0.25) is 9.72 Å². The van der Waals surface area contributed by atoms with Crippen LogP contribution in [0.25, 0.3) is 16.8 Å². The number of pyridine rings is 2. The molecule has 2 amide bonds. The van der Waals surface area contributed by atoms with Crippen molar-refractivity contribution in [2.45, 2.75) is 19.8 Å². The summed E-state index contributed by atoms with van der Waals surface area (Å²) in [6.07, 6.45) is 2.71. The van der Waals surface area contributed by atoms with Gasteiger partial charge in [-0.2, -0.15) is 0 Å². The van der Waals surface area contributed by atoms with Crippen molar-refractivity contribution in [2.75, 3.05) is 26.5 Å². The molecular formula is C24H25FN6O2. The van der Waals surface area contributed by atoms with Gasteiger partial charge in [0, 0.05) is 42.2 Å². The van der Waals surface area contributed by atoms with Gasteiger partial charge < -0.3 is 9.64 Å². The van der Waals surface area contributed by atoms with Crippen LogP contribution in [-0.4, -0.2) is 51.7 Å². The van der Waals surface area contributed by atoms with Gasteiger partial charge in [-0.25, -0.2) is 14.2 Å². The molecule has 9 heteroatoms. The van der Waals surface area contributed by atoms with Gasteiger partial charge >= 0.3 is 6.03 Å². The van der Waals surface area contributed by atoms with Gasteiger partial charge in [0.1, 0.15) is 23.7 Å². The maximum absolute atomic E-state index is 14.3. The van der Waals surface area contributed by atoms with Crippen molar-refractivity contribution in [3.05, 3.63) is 71.6 Å². The molecule has 33 heavy (non-hydrogen) atoms. The molecule has 1 N–H and O–H groups in total. The third-order valence-corrected chi connectivity index (χ3v) is 5.48. The molecule has 0 spiro atoms. The Kier molecular flexibility index (Phi) is 6.21. The Bertz CT molecular complexity index is 1320. The number of aromatic nitrogens is 4. The number of rotatable bonds is 6. The second-order valence-corrected chi connectivity index (χ2v) is 7.84. The Labute approximate surface area is 191 Å². The second kappa shape index (κ2) is 9.23. The molecule has 170 valence electrons. The number of methoxy groups -OCH3 is 1. The summed E-state index contributed by atoms with van der Waals surface area (Å²) in [5, 5.41) is 11.1. The molecule has 0 saturated carbocycles. The number of urea groups is 1. The van der Waals surface area contributed by atoms with E-state index in [1.54, 1.807) is 45.7 Å². The van der Waals surface area contributed by atoms with E-state index in [4.69, 9.17) is 4.74 Å². The number of nitrogens with zero attached hydrogens (tertiary/aromatic N) is 5. The first-order chi connectivity index (χ1) is 15.9. The highest BCUT2D eigenvalue weighted by Gasteiger charge is 2.15. The fourth-order valence-corrected chi connectivity index (χ4v) is 3.74. The molecule has 0 aliphatic carbocycles. The number of aryl methyl sites for hydroxylation is 2. The highest BCUT2D eigenvalue weighted by atomic mass is 19.1. The first kappa shape index (κ1) is 22.2. The highest BCUT2D eigenvalue weighted by Crippen LogP contribution is 2.29. The maximum atomic E-state index is 14.3. The van der Waals surface area contributed by atoms with E-state index < -0.39 is 0 Å². The van der Waals surface area contributed by atoms with Crippen LogP contribution in [0.4, 0.5) is 15.0 Å². The number of hydrogen-bond acceptors (Lipinski definition) is 5. The molecule has 1 aromatic carbocycles. The number of anilines is 1. The summed E-state index contributed by atoms with van der Waals surface area (Å²) in [5.41, 5.74) is 4.68. The number of halogens is 1. The van der Waals surface area contributed by atoms with E-state index in [1.165, 1.54) is 11.0 Å². The number of benzene rings is 1. The largest absolute Gasteiger partial charge is 0.496 e. The third kappa shape index (κ3) is 4.48. The zero-order valence-corrected chi connectivity index (χ0v) is 19.0. The second-order valence-electron chi connectivity index (χ2n) is 7.84. The van der Waals surface area contributed by atoms with Crippen molar-refractivity contribution in [1.29, 1.82) is 0 Å². The molecule has 0 bridgehead atoms. The van der Waals surface area contributed by atoms with Crippen molar-refractivity contribution in [2.24, 2.45) is 0 Å². The van der Waals surface area contributed by atoms with E-state index in [9.17, 15) is 9.18 Å². The number of amides is 2. The quantitative estimate of drug-likeness (QED) is 0.480. The number of carbonyl (C=O) groups is 1. The van der Waals surface area contributed by atoms with Gasteiger partial charge in [0.15, 0.2) is 5.65 Å². The van der Waals surface area contributed by atoms with Crippen LogP contribution in [-0.2, 0) is 12.8 Å². The first-order valence-corrected chi connectivity index (χ1v) is 10.5. The lowest BCUT2D eigenvalue weighted by molar-refractivity contribution is 0.230. The van der Waals surface area contributed by atoms with E-state index in [-0.39, 0.29) is 11.8 Å². The molecule has 3 aromatic heterocycles. The lowest BCUT2D eigenvalue weighted by Gasteiger charge is -2.14. The maximum Gasteiger partial charge on any atom is 0.322 e. The van der Waals surface area contributed by atoms with Crippen LogP contribution in [0.2, 0.25) is 0 Å². The van der Waals surface area contributed by atoms with Crippen molar-refractivity contribution in [3.63, 3.8) is 0 Å². The van der Waals surface area contributed by atoms with Gasteiger partial charge in [-0.05, 0) is 56.2 Å². The Morgan fingerprint density at radius 2 is 1.91 bits per heavy atom. The number of ether oxygens (including phenoxy) is 1. The Morgan fingerprint density at radius 3 is 2.64 bits per heavy atom. The van der Waals surface area contributed by atoms with Crippen LogP contribution >= 0.6 is 0 Å². The lowest BCUT2D eigenvalue weighted by atomic mass is 10.0. The molecule has 0 saturated heterocycles. The molecule has 4 aromatic rings. The summed E-state index contributed by atoms with van der Waals surface area (Å²) in [7, 11) is 4.88. The number of carbonyl (C=O) groups excluding carboxylic acids is 1. The van der Waals surface area contributed by atoms with E-state index in [2.05, 4.69) is 20.5 Å². The summed E-state index contributed by atoms with van der Waals surface area (Å²) in [6.45, 7) is 1.88. The molecule has 0 radical (unpaired) electrons. The summed E-state index contributed by atoms with van der Waals surface area (Å²) in [4.78, 5) is 17.9. The van der Waals surface area contributed by atoms with Crippen molar-refractivity contribution >= 4 is 17.5 Å². The van der Waals surface area contributed by atoms with Crippen LogP contribution in [0.3, 0.4) is 0 Å². The minimum absolute atomic E-state index is 0.245. The minimum atomic E-state index is -0.283. The summed E-state index contributed by atoms with van der Waals surface area (Å²) in [5.74, 6) is 0.728. The van der Waals surface area contributed by atoms with Crippen LogP contribution < -0.4 is 10.1 Å². The van der Waals surface area contributed by atoms with Gasteiger partial charge in [0.05, 0.1) is 7.11 Å². The Morgan fingerprint density at radius 1 is 1.12 bits per heavy atom. The fraction of sp³-hybridized carbons (Fsp3) is 0.250. The van der Waals surface area contributed by atoms with E-state index in [0.717, 1.165) is 22.5 Å². The summed E-state index contributed by atoms with van der Waals surface area (Å²) < 4.78 is 21.6. The Balaban J connectivity index is 1.63. The van der Waals surface area contributed by atoms with Crippen molar-refractivity contribution < 1.29 is 13.9 Å². The van der Waals surface area contributed by atoms with Crippen LogP contribution in [0.5, 0.6) is 5.75 Å².